The maximum Gasteiger partial charge on any atom is 0.0449 e. The molecule has 0 aliphatic heterocycles. The van der Waals surface area contributed by atoms with Gasteiger partial charge in [-0.15, -0.1) is 90.7 Å². The smallest absolute Gasteiger partial charge is 0.0449 e. The lowest BCUT2D eigenvalue weighted by Crippen LogP contribution is -1.82. The van der Waals surface area contributed by atoms with Crippen molar-refractivity contribution in [2.45, 2.75) is 0 Å². The lowest BCUT2D eigenvalue weighted by molar-refractivity contribution is 1.72. The molecule has 0 saturated heterocycles. The molecule has 0 fully saturated rings. The summed E-state index contributed by atoms with van der Waals surface area (Å²) in [5.41, 5.74) is 5.21. The molecular weight excluding hydrogens is 881 g/mol. The molecule has 286 valence electrons. The van der Waals surface area contributed by atoms with Crippen molar-refractivity contribution in [1.82, 2.24) is 0 Å². The first-order valence-corrected chi connectivity index (χ1v) is 26.1. The van der Waals surface area contributed by atoms with Crippen molar-refractivity contribution < 1.29 is 0 Å². The molecule has 0 nitrogen and oxygen atoms in total. The summed E-state index contributed by atoms with van der Waals surface area (Å²) < 4.78 is 0. The second-order valence-corrected chi connectivity index (χ2v) is 22.8. The second-order valence-electron chi connectivity index (χ2n) is 14.4. The highest BCUT2D eigenvalue weighted by Gasteiger charge is 2.18. The van der Waals surface area contributed by atoms with Crippen LogP contribution < -0.4 is 0 Å². The molecule has 12 rings (SSSR count). The molecule has 0 atom stereocenters. The van der Waals surface area contributed by atoms with Crippen LogP contribution in [0.25, 0.3) is 112 Å². The number of rotatable bonds is 9. The zero-order chi connectivity index (χ0) is 39.6. The number of hydrogen-bond donors (Lipinski definition) is 0. The third-order valence-corrected chi connectivity index (χ3v) is 20.1. The van der Waals surface area contributed by atoms with Crippen molar-refractivity contribution in [3.05, 3.63) is 181 Å². The average molecular weight is 911 g/mol. The van der Waals surface area contributed by atoms with Gasteiger partial charge in [0.15, 0.2) is 0 Å². The van der Waals surface area contributed by atoms with Gasteiger partial charge in [-0.2, -0.15) is 0 Å². The largest absolute Gasteiger partial charge is 0.143 e. The molecule has 0 unspecified atom stereocenters. The molecule has 0 saturated carbocycles. The Kier molecular flexibility index (Phi) is 9.50. The second kappa shape index (κ2) is 15.5. The summed E-state index contributed by atoms with van der Waals surface area (Å²) in [5.74, 6) is 0. The van der Waals surface area contributed by atoms with Gasteiger partial charge < -0.3 is 0 Å². The van der Waals surface area contributed by atoms with Gasteiger partial charge in [0.2, 0.25) is 0 Å². The van der Waals surface area contributed by atoms with E-state index in [0.717, 1.165) is 0 Å². The molecule has 60 heavy (non-hydrogen) atoms. The molecule has 8 heterocycles. The lowest BCUT2D eigenvalue weighted by Gasteiger charge is -2.10. The van der Waals surface area contributed by atoms with Crippen LogP contribution in [0.5, 0.6) is 0 Å². The monoisotopic (exact) mass is 910 g/mol. The Labute approximate surface area is 379 Å². The summed E-state index contributed by atoms with van der Waals surface area (Å²) in [6.45, 7) is 0. The van der Waals surface area contributed by atoms with Crippen LogP contribution in [0, 0.1) is 0 Å². The van der Waals surface area contributed by atoms with E-state index in [9.17, 15) is 0 Å². The highest BCUT2D eigenvalue weighted by atomic mass is 32.1. The Morgan fingerprint density at radius 3 is 0.717 bits per heavy atom. The van der Waals surface area contributed by atoms with Crippen LogP contribution in [0.1, 0.15) is 0 Å². The first kappa shape index (κ1) is 36.8. The van der Waals surface area contributed by atoms with E-state index in [2.05, 4.69) is 181 Å². The van der Waals surface area contributed by atoms with Crippen molar-refractivity contribution >= 4 is 112 Å². The zero-order valence-electron chi connectivity index (χ0n) is 31.6. The molecule has 8 aromatic heterocycles. The molecule has 0 radical (unpaired) electrons. The molecule has 4 aromatic carbocycles. The summed E-state index contributed by atoms with van der Waals surface area (Å²) >= 11 is 14.9. The summed E-state index contributed by atoms with van der Waals surface area (Å²) in [4.78, 5) is 18.4. The van der Waals surface area contributed by atoms with Gasteiger partial charge in [-0.3, -0.25) is 0 Å². The Hall–Kier alpha value is -5.00. The third-order valence-electron chi connectivity index (χ3n) is 10.8. The predicted octanol–water partition coefficient (Wildman–Crippen LogP) is 19.5. The van der Waals surface area contributed by atoms with Gasteiger partial charge in [-0.25, -0.2) is 0 Å². The molecule has 0 spiro atoms. The van der Waals surface area contributed by atoms with E-state index in [1.165, 1.54) is 112 Å². The molecule has 8 heteroatoms. The van der Waals surface area contributed by atoms with Crippen molar-refractivity contribution in [3.8, 4) is 90.5 Å². The van der Waals surface area contributed by atoms with E-state index in [4.69, 9.17) is 0 Å². The van der Waals surface area contributed by atoms with Gasteiger partial charge in [0.1, 0.15) is 0 Å². The van der Waals surface area contributed by atoms with Crippen LogP contribution in [-0.4, -0.2) is 0 Å². The van der Waals surface area contributed by atoms with E-state index in [0.29, 0.717) is 0 Å². The highest BCUT2D eigenvalue weighted by Crippen LogP contribution is 2.49. The van der Waals surface area contributed by atoms with Crippen LogP contribution in [0.2, 0.25) is 0 Å². The topological polar surface area (TPSA) is 0 Å². The lowest BCUT2D eigenvalue weighted by atomic mass is 9.97. The predicted molar refractivity (Wildman–Crippen MR) is 273 cm³/mol. The van der Waals surface area contributed by atoms with Gasteiger partial charge >= 0.3 is 0 Å². The Morgan fingerprint density at radius 2 is 0.450 bits per heavy atom. The first-order chi connectivity index (χ1) is 29.7. The normalized spacial score (nSPS) is 11.7. The van der Waals surface area contributed by atoms with Crippen molar-refractivity contribution in [3.63, 3.8) is 0 Å². The number of thiophene rings is 8. The van der Waals surface area contributed by atoms with Crippen molar-refractivity contribution in [2.24, 2.45) is 0 Å². The van der Waals surface area contributed by atoms with E-state index >= 15 is 0 Å². The van der Waals surface area contributed by atoms with E-state index in [1.54, 1.807) is 22.7 Å². The van der Waals surface area contributed by atoms with Gasteiger partial charge in [0.25, 0.3) is 0 Å². The summed E-state index contributed by atoms with van der Waals surface area (Å²) in [6, 6.07) is 63.2. The number of hydrogen-bond acceptors (Lipinski definition) is 8. The van der Waals surface area contributed by atoms with Gasteiger partial charge in [-0.1, -0.05) is 84.9 Å². The standard InChI is InChI=1S/C52H30S8/c1-7-31-9-3-13-35(51(31)33(11-1)37-17-21-43(55-37)41-15-5-29-53-41)39-19-23-45(57-39)47-25-27-49(59-47)50-28-26-48(60-50)46-24-20-40(58-46)36-14-4-10-32-8-2-12-34(52(32)36)38-18-22-44(56-38)42-16-6-30-54-42/h1-30H. The molecule has 12 aromatic rings. The summed E-state index contributed by atoms with van der Waals surface area (Å²) in [6.07, 6.45) is 0. The summed E-state index contributed by atoms with van der Waals surface area (Å²) in [5, 5.41) is 9.52. The third kappa shape index (κ3) is 6.63. The fourth-order valence-electron chi connectivity index (χ4n) is 8.01. The minimum atomic E-state index is 1.28. The van der Waals surface area contributed by atoms with Gasteiger partial charge in [0.05, 0.1) is 0 Å². The fraction of sp³-hybridized carbons (Fsp3) is 0. The maximum atomic E-state index is 2.32. The van der Waals surface area contributed by atoms with Gasteiger partial charge in [0, 0.05) is 90.5 Å². The molecule has 0 aliphatic rings. The Morgan fingerprint density at radius 1 is 0.200 bits per heavy atom. The maximum absolute atomic E-state index is 2.32. The molecular formula is C52H30S8. The minimum absolute atomic E-state index is 1.28. The Bertz CT molecular complexity index is 3200. The molecule has 0 bridgehead atoms. The van der Waals surface area contributed by atoms with E-state index in [1.807, 2.05) is 68.0 Å². The molecule has 0 amide bonds. The fourth-order valence-corrected chi connectivity index (χ4v) is 16.1. The zero-order valence-corrected chi connectivity index (χ0v) is 38.1. The Balaban J connectivity index is 0.823. The summed E-state index contributed by atoms with van der Waals surface area (Å²) in [7, 11) is 0. The average Bonchev–Trinajstić information content (AvgIpc) is 4.13. The van der Waals surface area contributed by atoms with Crippen LogP contribution in [0.3, 0.4) is 0 Å². The van der Waals surface area contributed by atoms with Crippen molar-refractivity contribution in [1.29, 1.82) is 0 Å². The van der Waals surface area contributed by atoms with E-state index in [-0.39, 0.29) is 0 Å². The van der Waals surface area contributed by atoms with E-state index < -0.39 is 0 Å². The van der Waals surface area contributed by atoms with Gasteiger partial charge in [-0.05, 0) is 117 Å². The quantitative estimate of drug-likeness (QED) is 0.135. The number of fused-ring (bicyclic) bond motifs is 2. The van der Waals surface area contributed by atoms with Crippen LogP contribution in [0.4, 0.5) is 0 Å². The highest BCUT2D eigenvalue weighted by molar-refractivity contribution is 7.29. The first-order valence-electron chi connectivity index (χ1n) is 19.4. The minimum Gasteiger partial charge on any atom is -0.143 e. The molecule has 0 aliphatic carbocycles. The van der Waals surface area contributed by atoms with Crippen LogP contribution in [0.15, 0.2) is 181 Å². The SMILES string of the molecule is c1csc(-c2ccc(-c3cccc4cccc(-c5ccc(-c6ccc(-c7ccc(-c8ccc(-c9cccc%10cccc(-c%11ccc(-c%12cccs%12)s%11)c9%10)s8)s7)s6)s5)c34)s2)c1. The van der Waals surface area contributed by atoms with Crippen LogP contribution >= 0.6 is 90.7 Å². The molecule has 0 N–H and O–H groups in total. The number of benzene rings is 4. The van der Waals surface area contributed by atoms with Crippen LogP contribution in [-0.2, 0) is 0 Å². The van der Waals surface area contributed by atoms with Crippen molar-refractivity contribution in [2.75, 3.05) is 0 Å².